The van der Waals surface area contributed by atoms with Crippen LogP contribution in [0.3, 0.4) is 0 Å². The fraction of sp³-hybridized carbons (Fsp3) is 0.312. The molecule has 1 heterocycles. The summed E-state index contributed by atoms with van der Waals surface area (Å²) in [6.07, 6.45) is 2.17. The van der Waals surface area contributed by atoms with E-state index in [4.69, 9.17) is 0 Å². The molecule has 114 valence electrons. The van der Waals surface area contributed by atoms with Crippen molar-refractivity contribution < 1.29 is 14.3 Å². The summed E-state index contributed by atoms with van der Waals surface area (Å²) in [6.45, 7) is 0. The molecule has 2 aromatic rings. The molecule has 1 aromatic carbocycles. The second-order valence-corrected chi connectivity index (χ2v) is 5.46. The molecule has 0 bridgehead atoms. The van der Waals surface area contributed by atoms with Crippen LogP contribution in [0.5, 0.6) is 0 Å². The lowest BCUT2D eigenvalue weighted by atomic mass is 10.1. The molecule has 1 N–H and O–H groups in total. The number of hydrogen-bond donors (Lipinski definition) is 1. The number of benzene rings is 1. The van der Waals surface area contributed by atoms with Gasteiger partial charge in [0.15, 0.2) is 0 Å². The van der Waals surface area contributed by atoms with Crippen molar-refractivity contribution in [3.05, 3.63) is 40.8 Å². The third kappa shape index (κ3) is 2.36. The molecular weight excluding hydrogens is 284 g/mol. The number of aromatic nitrogens is 1. The molecule has 0 unspecified atom stereocenters. The van der Waals surface area contributed by atoms with Gasteiger partial charge in [-0.05, 0) is 24.6 Å². The first kappa shape index (κ1) is 14.3. The highest BCUT2D eigenvalue weighted by atomic mass is 16.5. The van der Waals surface area contributed by atoms with Crippen LogP contribution >= 0.6 is 0 Å². The minimum atomic E-state index is -0.355. The summed E-state index contributed by atoms with van der Waals surface area (Å²) < 4.78 is 6.13. The second-order valence-electron chi connectivity index (χ2n) is 5.46. The van der Waals surface area contributed by atoms with Gasteiger partial charge in [-0.15, -0.1) is 0 Å². The van der Waals surface area contributed by atoms with E-state index in [1.165, 1.54) is 11.7 Å². The van der Waals surface area contributed by atoms with E-state index < -0.39 is 0 Å². The van der Waals surface area contributed by atoms with E-state index in [9.17, 15) is 14.4 Å². The Bertz CT molecular complexity index is 824. The van der Waals surface area contributed by atoms with Gasteiger partial charge < -0.3 is 14.6 Å². The maximum Gasteiger partial charge on any atom is 0.309 e. The quantitative estimate of drug-likeness (QED) is 0.866. The number of nitrogens with zero attached hydrogens (tertiary/aromatic N) is 1. The zero-order chi connectivity index (χ0) is 15.9. The Morgan fingerprint density at radius 2 is 2.00 bits per heavy atom. The third-order valence-corrected chi connectivity index (χ3v) is 4.01. The number of anilines is 1. The van der Waals surface area contributed by atoms with Crippen molar-refractivity contribution in [2.75, 3.05) is 12.4 Å². The number of nitrogens with one attached hydrogen (secondary N) is 1. The molecule has 0 saturated heterocycles. The molecule has 6 nitrogen and oxygen atoms in total. The lowest BCUT2D eigenvalue weighted by molar-refractivity contribution is -0.143. The van der Waals surface area contributed by atoms with Gasteiger partial charge in [-0.1, -0.05) is 6.07 Å². The molecule has 1 aliphatic rings. The average Bonchev–Trinajstić information content (AvgIpc) is 3.31. The van der Waals surface area contributed by atoms with E-state index in [0.717, 1.165) is 0 Å². The first-order valence-corrected chi connectivity index (χ1v) is 7.00. The summed E-state index contributed by atoms with van der Waals surface area (Å²) in [4.78, 5) is 35.7. The van der Waals surface area contributed by atoms with Gasteiger partial charge in [-0.2, -0.15) is 0 Å². The van der Waals surface area contributed by atoms with Gasteiger partial charge in [0.05, 0.1) is 18.9 Å². The summed E-state index contributed by atoms with van der Waals surface area (Å²) in [6, 6.07) is 6.98. The number of esters is 1. The van der Waals surface area contributed by atoms with Crippen molar-refractivity contribution in [3.63, 3.8) is 0 Å². The summed E-state index contributed by atoms with van der Waals surface area (Å²) in [7, 11) is 2.99. The molecule has 0 aliphatic heterocycles. The molecule has 22 heavy (non-hydrogen) atoms. The van der Waals surface area contributed by atoms with Gasteiger partial charge in [-0.3, -0.25) is 14.4 Å². The topological polar surface area (TPSA) is 77.4 Å². The maximum atomic E-state index is 12.2. The van der Waals surface area contributed by atoms with Crippen LogP contribution in [0.1, 0.15) is 6.42 Å². The standard InChI is InChI=1S/C16H16N2O4/c1-18-7-6-9-10(15(18)20)4-3-5-13(9)17-14(19)11-8-12(11)16(21)22-2/h3-7,11-12H,8H2,1-2H3,(H,17,19)/t11-,12+/m1/s1. The Morgan fingerprint density at radius 1 is 1.23 bits per heavy atom. The average molecular weight is 300 g/mol. The van der Waals surface area contributed by atoms with E-state index in [0.29, 0.717) is 22.9 Å². The molecule has 1 aromatic heterocycles. The van der Waals surface area contributed by atoms with Gasteiger partial charge in [0.2, 0.25) is 5.91 Å². The Labute approximate surface area is 126 Å². The Morgan fingerprint density at radius 3 is 2.73 bits per heavy atom. The molecule has 0 radical (unpaired) electrons. The van der Waals surface area contributed by atoms with E-state index in [2.05, 4.69) is 10.1 Å². The predicted octanol–water partition coefficient (Wildman–Crippen LogP) is 1.29. The van der Waals surface area contributed by atoms with Crippen LogP contribution < -0.4 is 10.9 Å². The molecule has 6 heteroatoms. The summed E-state index contributed by atoms with van der Waals surface area (Å²) in [5.41, 5.74) is 0.461. The van der Waals surface area contributed by atoms with Crippen molar-refractivity contribution in [2.24, 2.45) is 18.9 Å². The number of carbonyl (C=O) groups excluding carboxylic acids is 2. The number of carbonyl (C=O) groups is 2. The minimum absolute atomic E-state index is 0.118. The summed E-state index contributed by atoms with van der Waals surface area (Å²) >= 11 is 0. The molecule has 3 rings (SSSR count). The van der Waals surface area contributed by atoms with Crippen molar-refractivity contribution in [1.29, 1.82) is 0 Å². The first-order valence-electron chi connectivity index (χ1n) is 7.00. The second kappa shape index (κ2) is 5.29. The van der Waals surface area contributed by atoms with E-state index in [-0.39, 0.29) is 29.3 Å². The number of rotatable bonds is 3. The molecule has 1 fully saturated rings. The Kier molecular flexibility index (Phi) is 3.44. The molecule has 0 spiro atoms. The largest absolute Gasteiger partial charge is 0.469 e. The van der Waals surface area contributed by atoms with Crippen LogP contribution in [0.2, 0.25) is 0 Å². The van der Waals surface area contributed by atoms with Crippen molar-refractivity contribution in [2.45, 2.75) is 6.42 Å². The predicted molar refractivity (Wildman–Crippen MR) is 81.4 cm³/mol. The highest BCUT2D eigenvalue weighted by molar-refractivity contribution is 6.04. The summed E-state index contributed by atoms with van der Waals surface area (Å²) in [5, 5.41) is 4.04. The van der Waals surface area contributed by atoms with Crippen LogP contribution in [-0.4, -0.2) is 23.6 Å². The Hall–Kier alpha value is -2.63. The lowest BCUT2D eigenvalue weighted by Crippen LogP contribution is -2.19. The van der Waals surface area contributed by atoms with E-state index in [1.807, 2.05) is 0 Å². The molecular formula is C16H16N2O4. The maximum absolute atomic E-state index is 12.2. The Balaban J connectivity index is 1.86. The van der Waals surface area contributed by atoms with Crippen molar-refractivity contribution >= 4 is 28.3 Å². The number of ether oxygens (including phenoxy) is 1. The fourth-order valence-corrected chi connectivity index (χ4v) is 2.61. The third-order valence-electron chi connectivity index (χ3n) is 4.01. The van der Waals surface area contributed by atoms with Crippen LogP contribution in [0.4, 0.5) is 5.69 Å². The smallest absolute Gasteiger partial charge is 0.309 e. The van der Waals surface area contributed by atoms with Crippen molar-refractivity contribution in [1.82, 2.24) is 4.57 Å². The molecule has 1 aliphatic carbocycles. The van der Waals surface area contributed by atoms with Crippen LogP contribution in [0.25, 0.3) is 10.8 Å². The number of methoxy groups -OCH3 is 1. The molecule has 1 saturated carbocycles. The SMILES string of the molecule is COC(=O)[C@H]1C[C@H]1C(=O)Nc1cccc2c(=O)n(C)ccc12. The van der Waals surface area contributed by atoms with E-state index >= 15 is 0 Å². The highest BCUT2D eigenvalue weighted by Gasteiger charge is 2.49. The van der Waals surface area contributed by atoms with E-state index in [1.54, 1.807) is 37.5 Å². The van der Waals surface area contributed by atoms with Gasteiger partial charge in [0.25, 0.3) is 5.56 Å². The number of hydrogen-bond acceptors (Lipinski definition) is 4. The van der Waals surface area contributed by atoms with Gasteiger partial charge >= 0.3 is 5.97 Å². The fourth-order valence-electron chi connectivity index (χ4n) is 2.61. The number of amides is 1. The monoisotopic (exact) mass is 300 g/mol. The summed E-state index contributed by atoms with van der Waals surface area (Å²) in [5.74, 6) is -1.28. The zero-order valence-corrected chi connectivity index (χ0v) is 12.3. The van der Waals surface area contributed by atoms with Gasteiger partial charge in [0, 0.05) is 29.7 Å². The van der Waals surface area contributed by atoms with Crippen LogP contribution in [-0.2, 0) is 21.4 Å². The number of fused-ring (bicyclic) bond motifs is 1. The molecule has 1 amide bonds. The number of pyridine rings is 1. The van der Waals surface area contributed by atoms with Crippen LogP contribution in [0.15, 0.2) is 35.3 Å². The zero-order valence-electron chi connectivity index (χ0n) is 12.3. The lowest BCUT2D eigenvalue weighted by Gasteiger charge is -2.09. The highest BCUT2D eigenvalue weighted by Crippen LogP contribution is 2.40. The van der Waals surface area contributed by atoms with Crippen molar-refractivity contribution in [3.8, 4) is 0 Å². The van der Waals surface area contributed by atoms with Gasteiger partial charge in [-0.25, -0.2) is 0 Å². The normalized spacial score (nSPS) is 19.7. The molecule has 2 atom stereocenters. The minimum Gasteiger partial charge on any atom is -0.469 e. The number of aryl methyl sites for hydroxylation is 1. The van der Waals surface area contributed by atoms with Gasteiger partial charge in [0.1, 0.15) is 0 Å². The van der Waals surface area contributed by atoms with Crippen LogP contribution in [0, 0.1) is 11.8 Å². The first-order chi connectivity index (χ1) is 10.5.